The van der Waals surface area contributed by atoms with Gasteiger partial charge in [-0.05, 0) is 37.8 Å². The minimum absolute atomic E-state index is 0.000345. The lowest BCUT2D eigenvalue weighted by molar-refractivity contribution is 0.0718. The number of carbonyl (C=O) groups excluding carboxylic acids is 1. The zero-order valence-electron chi connectivity index (χ0n) is 13.3. The van der Waals surface area contributed by atoms with Crippen LogP contribution in [0.15, 0.2) is 30.6 Å². The molecule has 0 saturated carbocycles. The van der Waals surface area contributed by atoms with Gasteiger partial charge in [-0.2, -0.15) is 0 Å². The number of piperidine rings is 1. The predicted molar refractivity (Wildman–Crippen MR) is 88.1 cm³/mol. The first-order chi connectivity index (χ1) is 11.2. The monoisotopic (exact) mass is 311 g/mol. The number of nitrogens with one attached hydrogen (secondary N) is 1. The van der Waals surface area contributed by atoms with Crippen molar-refractivity contribution in [2.24, 2.45) is 0 Å². The normalized spacial score (nSPS) is 14.6. The number of rotatable bonds is 4. The maximum atomic E-state index is 12.6. The topological polar surface area (TPSA) is 71.0 Å². The molecule has 3 rings (SSSR count). The molecule has 1 aliphatic heterocycles. The number of likely N-dealkylation sites (tertiary alicyclic amines) is 1. The van der Waals surface area contributed by atoms with E-state index in [4.69, 9.17) is 0 Å². The van der Waals surface area contributed by atoms with E-state index in [0.717, 1.165) is 31.5 Å². The number of aromatic nitrogens is 3. The molecule has 0 aliphatic carbocycles. The molecule has 0 bridgehead atoms. The first kappa shape index (κ1) is 15.4. The lowest BCUT2D eigenvalue weighted by Gasteiger charge is -2.26. The van der Waals surface area contributed by atoms with Crippen molar-refractivity contribution < 1.29 is 4.79 Å². The van der Waals surface area contributed by atoms with Crippen LogP contribution in [0.2, 0.25) is 0 Å². The van der Waals surface area contributed by atoms with Gasteiger partial charge in [-0.25, -0.2) is 9.97 Å². The highest BCUT2D eigenvalue weighted by Crippen LogP contribution is 2.15. The molecular formula is C17H21N5O. The molecule has 6 nitrogen and oxygen atoms in total. The summed E-state index contributed by atoms with van der Waals surface area (Å²) in [7, 11) is 0. The highest BCUT2D eigenvalue weighted by atomic mass is 16.2. The van der Waals surface area contributed by atoms with Gasteiger partial charge in [-0.3, -0.25) is 9.78 Å². The fraction of sp³-hybridized carbons (Fsp3) is 0.412. The van der Waals surface area contributed by atoms with Crippen LogP contribution in [0.1, 0.15) is 41.1 Å². The number of anilines is 1. The van der Waals surface area contributed by atoms with Crippen molar-refractivity contribution in [1.29, 1.82) is 0 Å². The number of nitrogens with zero attached hydrogens (tertiary/aromatic N) is 4. The smallest absolute Gasteiger partial charge is 0.272 e. The third-order valence-electron chi connectivity index (χ3n) is 3.90. The summed E-state index contributed by atoms with van der Waals surface area (Å²) in [5.74, 6) is 1.27. The van der Waals surface area contributed by atoms with Gasteiger partial charge in [0.2, 0.25) is 0 Å². The Labute approximate surface area is 136 Å². The van der Waals surface area contributed by atoms with Crippen LogP contribution >= 0.6 is 0 Å². The molecule has 1 aliphatic rings. The number of carbonyl (C=O) groups is 1. The van der Waals surface area contributed by atoms with E-state index < -0.39 is 0 Å². The van der Waals surface area contributed by atoms with Crippen molar-refractivity contribution in [1.82, 2.24) is 19.9 Å². The molecule has 1 N–H and O–H groups in total. The molecule has 3 heterocycles. The van der Waals surface area contributed by atoms with Crippen LogP contribution in [0.3, 0.4) is 0 Å². The summed E-state index contributed by atoms with van der Waals surface area (Å²) in [6.45, 7) is 4.06. The quantitative estimate of drug-likeness (QED) is 0.939. The number of pyridine rings is 1. The van der Waals surface area contributed by atoms with Gasteiger partial charge in [0.15, 0.2) is 0 Å². The van der Waals surface area contributed by atoms with Gasteiger partial charge < -0.3 is 10.2 Å². The van der Waals surface area contributed by atoms with Gasteiger partial charge in [-0.1, -0.05) is 6.07 Å². The molecule has 120 valence electrons. The minimum Gasteiger partial charge on any atom is -0.366 e. The molecule has 1 amide bonds. The summed E-state index contributed by atoms with van der Waals surface area (Å²) in [5, 5.41) is 3.24. The van der Waals surface area contributed by atoms with Crippen molar-refractivity contribution in [3.63, 3.8) is 0 Å². The first-order valence-electron chi connectivity index (χ1n) is 8.00. The van der Waals surface area contributed by atoms with Crippen LogP contribution in [0.25, 0.3) is 0 Å². The molecule has 0 spiro atoms. The van der Waals surface area contributed by atoms with Crippen molar-refractivity contribution in [3.8, 4) is 0 Å². The molecule has 0 radical (unpaired) electrons. The highest BCUT2D eigenvalue weighted by Gasteiger charge is 2.20. The summed E-state index contributed by atoms with van der Waals surface area (Å²) in [4.78, 5) is 27.2. The Hall–Kier alpha value is -2.50. The van der Waals surface area contributed by atoms with Gasteiger partial charge >= 0.3 is 0 Å². The van der Waals surface area contributed by atoms with E-state index in [1.54, 1.807) is 18.5 Å². The summed E-state index contributed by atoms with van der Waals surface area (Å²) in [6, 6.07) is 5.63. The fourth-order valence-electron chi connectivity index (χ4n) is 2.72. The van der Waals surface area contributed by atoms with Crippen LogP contribution in [-0.4, -0.2) is 38.8 Å². The van der Waals surface area contributed by atoms with Crippen LogP contribution in [0, 0.1) is 6.92 Å². The van der Waals surface area contributed by atoms with Crippen molar-refractivity contribution in [3.05, 3.63) is 47.7 Å². The van der Waals surface area contributed by atoms with Crippen LogP contribution in [0.4, 0.5) is 5.82 Å². The van der Waals surface area contributed by atoms with Gasteiger partial charge in [-0.15, -0.1) is 0 Å². The van der Waals surface area contributed by atoms with E-state index in [-0.39, 0.29) is 5.91 Å². The van der Waals surface area contributed by atoms with Crippen molar-refractivity contribution in [2.75, 3.05) is 18.4 Å². The Balaban J connectivity index is 1.72. The standard InChI is InChI=1S/C17H21N5O/c1-13-20-15(17(23)22-8-3-2-4-9-22)10-16(21-13)19-12-14-6-5-7-18-11-14/h5-7,10-11H,2-4,8-9,12H2,1H3,(H,19,20,21). The van der Waals surface area contributed by atoms with E-state index in [2.05, 4.69) is 20.3 Å². The van der Waals surface area contributed by atoms with Gasteiger partial charge in [0.25, 0.3) is 5.91 Å². The Kier molecular flexibility index (Phi) is 4.80. The van der Waals surface area contributed by atoms with E-state index in [9.17, 15) is 4.79 Å². The molecule has 0 unspecified atom stereocenters. The van der Waals surface area contributed by atoms with Gasteiger partial charge in [0, 0.05) is 38.1 Å². The molecule has 6 heteroatoms. The van der Waals surface area contributed by atoms with Gasteiger partial charge in [0.1, 0.15) is 17.3 Å². The van der Waals surface area contributed by atoms with Crippen LogP contribution in [0.5, 0.6) is 0 Å². The third kappa shape index (κ3) is 4.03. The fourth-order valence-corrected chi connectivity index (χ4v) is 2.72. The van der Waals surface area contributed by atoms with Crippen LogP contribution < -0.4 is 5.32 Å². The first-order valence-corrected chi connectivity index (χ1v) is 8.00. The maximum Gasteiger partial charge on any atom is 0.272 e. The van der Waals surface area contributed by atoms with Crippen molar-refractivity contribution >= 4 is 11.7 Å². The summed E-state index contributed by atoms with van der Waals surface area (Å²) in [5.41, 5.74) is 1.53. The molecule has 23 heavy (non-hydrogen) atoms. The average molecular weight is 311 g/mol. The molecular weight excluding hydrogens is 290 g/mol. The van der Waals surface area contributed by atoms with Crippen molar-refractivity contribution in [2.45, 2.75) is 32.7 Å². The summed E-state index contributed by atoms with van der Waals surface area (Å²) >= 11 is 0. The SMILES string of the molecule is Cc1nc(NCc2cccnc2)cc(C(=O)N2CCCCC2)n1. The summed E-state index contributed by atoms with van der Waals surface area (Å²) in [6.07, 6.45) is 6.89. The molecule has 0 atom stereocenters. The second-order valence-electron chi connectivity index (χ2n) is 5.75. The van der Waals surface area contributed by atoms with E-state index in [1.807, 2.05) is 24.0 Å². The number of hydrogen-bond donors (Lipinski definition) is 1. The Morgan fingerprint density at radius 1 is 1.26 bits per heavy atom. The average Bonchev–Trinajstić information content (AvgIpc) is 2.60. The molecule has 0 aromatic carbocycles. The Morgan fingerprint density at radius 2 is 2.09 bits per heavy atom. The second-order valence-corrected chi connectivity index (χ2v) is 5.75. The zero-order valence-corrected chi connectivity index (χ0v) is 13.3. The number of hydrogen-bond acceptors (Lipinski definition) is 5. The Bertz CT molecular complexity index is 668. The lowest BCUT2D eigenvalue weighted by atomic mass is 10.1. The highest BCUT2D eigenvalue weighted by molar-refractivity contribution is 5.93. The van der Waals surface area contributed by atoms with E-state index in [0.29, 0.717) is 23.9 Å². The molecule has 1 saturated heterocycles. The summed E-state index contributed by atoms with van der Waals surface area (Å²) < 4.78 is 0. The molecule has 1 fully saturated rings. The molecule has 2 aromatic heterocycles. The lowest BCUT2D eigenvalue weighted by Crippen LogP contribution is -2.36. The minimum atomic E-state index is -0.000345. The largest absolute Gasteiger partial charge is 0.366 e. The maximum absolute atomic E-state index is 12.6. The second kappa shape index (κ2) is 7.17. The third-order valence-corrected chi connectivity index (χ3v) is 3.90. The van der Waals surface area contributed by atoms with E-state index in [1.165, 1.54) is 6.42 Å². The number of amides is 1. The number of aryl methyl sites for hydroxylation is 1. The Morgan fingerprint density at radius 3 is 2.83 bits per heavy atom. The van der Waals surface area contributed by atoms with E-state index >= 15 is 0 Å². The zero-order chi connectivity index (χ0) is 16.1. The van der Waals surface area contributed by atoms with Gasteiger partial charge in [0.05, 0.1) is 0 Å². The molecule has 2 aromatic rings. The predicted octanol–water partition coefficient (Wildman–Crippen LogP) is 2.42. The van der Waals surface area contributed by atoms with Crippen LogP contribution in [-0.2, 0) is 6.54 Å².